The molecule has 0 aromatic carbocycles. The lowest BCUT2D eigenvalue weighted by Gasteiger charge is -2.34. The monoisotopic (exact) mass is 542 g/mol. The van der Waals surface area contributed by atoms with Crippen molar-refractivity contribution < 1.29 is 53.6 Å². The van der Waals surface area contributed by atoms with Gasteiger partial charge in [0.25, 0.3) is 0 Å². The van der Waals surface area contributed by atoms with Crippen LogP contribution in [0.25, 0.3) is 0 Å². The van der Waals surface area contributed by atoms with Crippen molar-refractivity contribution in [1.29, 1.82) is 0 Å². The molecule has 0 radical (unpaired) electrons. The van der Waals surface area contributed by atoms with Gasteiger partial charge in [0.2, 0.25) is 0 Å². The molecule has 0 aliphatic heterocycles. The van der Waals surface area contributed by atoms with E-state index in [-0.39, 0.29) is 71.2 Å². The van der Waals surface area contributed by atoms with Crippen molar-refractivity contribution in [3.63, 3.8) is 0 Å². The first-order valence-corrected chi connectivity index (χ1v) is 13.2. The molecular formula is C26H54O11. The van der Waals surface area contributed by atoms with Gasteiger partial charge < -0.3 is 53.6 Å². The topological polar surface area (TPSA) is 146 Å². The smallest absolute Gasteiger partial charge is 0.0781 e. The second-order valence-electron chi connectivity index (χ2n) is 10.4. The van der Waals surface area contributed by atoms with Gasteiger partial charge in [0.15, 0.2) is 0 Å². The molecule has 0 spiro atoms. The Hall–Kier alpha value is -0.440. The average Bonchev–Trinajstić information content (AvgIpc) is 2.79. The zero-order chi connectivity index (χ0) is 28.3. The molecule has 37 heavy (non-hydrogen) atoms. The van der Waals surface area contributed by atoms with E-state index in [2.05, 4.69) is 0 Å². The van der Waals surface area contributed by atoms with Crippen LogP contribution >= 0.6 is 0 Å². The molecule has 0 saturated heterocycles. The van der Waals surface area contributed by atoms with E-state index in [4.69, 9.17) is 33.2 Å². The van der Waals surface area contributed by atoms with Gasteiger partial charge in [-0.25, -0.2) is 0 Å². The Morgan fingerprint density at radius 2 is 0.676 bits per heavy atom. The molecular weight excluding hydrogens is 488 g/mol. The number of ether oxygens (including phenoxy) is 7. The minimum atomic E-state index is -0.707. The van der Waals surface area contributed by atoms with E-state index in [1.807, 2.05) is 20.8 Å². The lowest BCUT2D eigenvalue weighted by molar-refractivity contribution is -0.137. The second-order valence-corrected chi connectivity index (χ2v) is 10.4. The SMILES string of the molecule is CC(O)COCC(COCC(C)O)(COCC(C)OCC(C)O)COCC(C)OCC(C)OCC(C)O. The molecule has 224 valence electrons. The van der Waals surface area contributed by atoms with Crippen molar-refractivity contribution in [2.24, 2.45) is 5.41 Å². The van der Waals surface area contributed by atoms with Crippen LogP contribution in [0, 0.1) is 5.41 Å². The highest BCUT2D eigenvalue weighted by atomic mass is 16.6. The molecule has 0 amide bonds. The van der Waals surface area contributed by atoms with Gasteiger partial charge in [-0.3, -0.25) is 0 Å². The molecule has 0 rings (SSSR count). The first kappa shape index (κ1) is 36.6. The van der Waals surface area contributed by atoms with Crippen LogP contribution in [0.5, 0.6) is 0 Å². The van der Waals surface area contributed by atoms with Crippen molar-refractivity contribution in [3.05, 3.63) is 0 Å². The van der Waals surface area contributed by atoms with Crippen molar-refractivity contribution >= 4 is 0 Å². The van der Waals surface area contributed by atoms with Crippen LogP contribution in [-0.4, -0.2) is 136 Å². The minimum Gasteiger partial charge on any atom is -0.391 e. The standard InChI is InChI=1S/C26H54O11/c1-19(27)8-31-15-26(16-32-9-20(2)28,17-33-12-23(5)35-10-21(3)29)18-34-13-24(6)37-14-25(7)36-11-22(4)30/h19-25,27-30H,8-18H2,1-7H3. The Kier molecular flexibility index (Phi) is 21.1. The zero-order valence-electron chi connectivity index (χ0n) is 24.0. The third kappa shape index (κ3) is 22.1. The van der Waals surface area contributed by atoms with Crippen LogP contribution in [-0.2, 0) is 33.2 Å². The van der Waals surface area contributed by atoms with Crippen molar-refractivity contribution in [1.82, 2.24) is 0 Å². The van der Waals surface area contributed by atoms with Crippen molar-refractivity contribution in [2.45, 2.75) is 91.2 Å². The van der Waals surface area contributed by atoms with E-state index in [0.717, 1.165) is 0 Å². The van der Waals surface area contributed by atoms with Gasteiger partial charge in [-0.1, -0.05) is 0 Å². The Bertz CT molecular complexity index is 503. The van der Waals surface area contributed by atoms with Gasteiger partial charge in [-0.05, 0) is 48.5 Å². The molecule has 11 heteroatoms. The summed E-state index contributed by atoms with van der Waals surface area (Å²) in [7, 11) is 0. The number of hydrogen-bond donors (Lipinski definition) is 4. The van der Waals surface area contributed by atoms with Gasteiger partial charge in [-0.15, -0.1) is 0 Å². The summed E-state index contributed by atoms with van der Waals surface area (Å²) < 4.78 is 40.3. The Balaban J connectivity index is 5.01. The molecule has 0 fully saturated rings. The fourth-order valence-corrected chi connectivity index (χ4v) is 3.08. The minimum absolute atomic E-state index is 0.149. The van der Waals surface area contributed by atoms with E-state index in [0.29, 0.717) is 19.8 Å². The van der Waals surface area contributed by atoms with E-state index in [9.17, 15) is 20.4 Å². The molecule has 0 bridgehead atoms. The first-order chi connectivity index (χ1) is 17.3. The highest BCUT2D eigenvalue weighted by Crippen LogP contribution is 2.22. The molecule has 4 N–H and O–H groups in total. The third-order valence-corrected chi connectivity index (χ3v) is 4.92. The van der Waals surface area contributed by atoms with Crippen LogP contribution in [0.3, 0.4) is 0 Å². The molecule has 11 nitrogen and oxygen atoms in total. The fourth-order valence-electron chi connectivity index (χ4n) is 3.08. The predicted octanol–water partition coefficient (Wildman–Crippen LogP) is 0.778. The van der Waals surface area contributed by atoms with Crippen molar-refractivity contribution in [2.75, 3.05) is 72.7 Å². The molecule has 0 aliphatic carbocycles. The molecule has 0 aliphatic rings. The predicted molar refractivity (Wildman–Crippen MR) is 139 cm³/mol. The van der Waals surface area contributed by atoms with Gasteiger partial charge in [-0.2, -0.15) is 0 Å². The van der Waals surface area contributed by atoms with E-state index in [1.54, 1.807) is 27.7 Å². The quantitative estimate of drug-likeness (QED) is 0.130. The third-order valence-electron chi connectivity index (χ3n) is 4.92. The number of rotatable bonds is 25. The Morgan fingerprint density at radius 1 is 0.405 bits per heavy atom. The summed E-state index contributed by atoms with van der Waals surface area (Å²) in [6.07, 6.45) is -2.94. The van der Waals surface area contributed by atoms with Crippen LogP contribution in [0.15, 0.2) is 0 Å². The van der Waals surface area contributed by atoms with Gasteiger partial charge >= 0.3 is 0 Å². The maximum Gasteiger partial charge on any atom is 0.0781 e. The molecule has 0 aromatic heterocycles. The Morgan fingerprint density at radius 3 is 1.00 bits per heavy atom. The second kappa shape index (κ2) is 21.4. The normalized spacial score (nSPS) is 19.5. The highest BCUT2D eigenvalue weighted by Gasteiger charge is 2.33. The summed E-state index contributed by atoms with van der Waals surface area (Å²) in [5.74, 6) is 0. The molecule has 0 saturated carbocycles. The van der Waals surface area contributed by atoms with Crippen molar-refractivity contribution in [3.8, 4) is 0 Å². The summed E-state index contributed by atoms with van der Waals surface area (Å²) in [6.45, 7) is 14.9. The number of aliphatic hydroxyl groups is 4. The van der Waals surface area contributed by atoms with E-state index in [1.165, 1.54) is 0 Å². The summed E-state index contributed by atoms with van der Waals surface area (Å²) >= 11 is 0. The molecule has 0 aromatic rings. The highest BCUT2D eigenvalue weighted by molar-refractivity contribution is 4.80. The number of hydrogen-bond acceptors (Lipinski definition) is 11. The van der Waals surface area contributed by atoms with E-state index < -0.39 is 29.8 Å². The zero-order valence-corrected chi connectivity index (χ0v) is 24.0. The van der Waals surface area contributed by atoms with Gasteiger partial charge in [0.05, 0.1) is 121 Å². The largest absolute Gasteiger partial charge is 0.391 e. The van der Waals surface area contributed by atoms with Crippen LogP contribution < -0.4 is 0 Å². The maximum atomic E-state index is 9.64. The molecule has 7 atom stereocenters. The van der Waals surface area contributed by atoms with E-state index >= 15 is 0 Å². The Labute approximate surface area is 223 Å². The summed E-state index contributed by atoms with van der Waals surface area (Å²) in [5.41, 5.74) is -0.707. The molecule has 0 heterocycles. The molecule has 7 unspecified atom stereocenters. The first-order valence-electron chi connectivity index (χ1n) is 13.2. The van der Waals surface area contributed by atoms with Gasteiger partial charge in [0.1, 0.15) is 0 Å². The fraction of sp³-hybridized carbons (Fsp3) is 1.00. The van der Waals surface area contributed by atoms with Crippen LogP contribution in [0.1, 0.15) is 48.5 Å². The number of aliphatic hydroxyl groups excluding tert-OH is 4. The average molecular weight is 543 g/mol. The lowest BCUT2D eigenvalue weighted by Crippen LogP contribution is -2.44. The van der Waals surface area contributed by atoms with Crippen LogP contribution in [0.4, 0.5) is 0 Å². The summed E-state index contributed by atoms with van der Waals surface area (Å²) in [5, 5.41) is 38.0. The van der Waals surface area contributed by atoms with Gasteiger partial charge in [0, 0.05) is 0 Å². The lowest BCUT2D eigenvalue weighted by atomic mass is 9.92. The summed E-state index contributed by atoms with van der Waals surface area (Å²) in [6, 6.07) is 0. The summed E-state index contributed by atoms with van der Waals surface area (Å²) in [4.78, 5) is 0. The van der Waals surface area contributed by atoms with Crippen LogP contribution in [0.2, 0.25) is 0 Å². The maximum absolute atomic E-state index is 9.64.